The van der Waals surface area contributed by atoms with E-state index in [4.69, 9.17) is 10.5 Å². The highest BCUT2D eigenvalue weighted by atomic mass is 32.1. The van der Waals surface area contributed by atoms with E-state index >= 15 is 0 Å². The second kappa shape index (κ2) is 5.74. The van der Waals surface area contributed by atoms with Gasteiger partial charge in [-0.1, -0.05) is 0 Å². The van der Waals surface area contributed by atoms with Gasteiger partial charge in [0.2, 0.25) is 5.95 Å². The van der Waals surface area contributed by atoms with Crippen LogP contribution in [0.5, 0.6) is 0 Å². The number of ether oxygens (including phenoxy) is 1. The molecule has 4 heterocycles. The molecule has 0 radical (unpaired) electrons. The zero-order chi connectivity index (χ0) is 16.8. The molecule has 1 aliphatic rings. The number of aliphatic hydroxyl groups excluding tert-OH is 2. The molecule has 0 amide bonds. The first-order valence-corrected chi connectivity index (χ1v) is 8.31. The molecule has 24 heavy (non-hydrogen) atoms. The number of aryl methyl sites for hydroxylation is 1. The van der Waals surface area contributed by atoms with Crippen LogP contribution in [-0.2, 0) is 4.74 Å². The van der Waals surface area contributed by atoms with Crippen LogP contribution < -0.4 is 5.73 Å². The van der Waals surface area contributed by atoms with Crippen LogP contribution in [0.25, 0.3) is 21.9 Å². The average molecular weight is 348 g/mol. The topological polar surface area (TPSA) is 132 Å². The zero-order valence-corrected chi connectivity index (χ0v) is 13.6. The van der Waals surface area contributed by atoms with Crippen molar-refractivity contribution in [1.29, 1.82) is 0 Å². The number of anilines is 1. The molecule has 3 atom stereocenters. The average Bonchev–Trinajstić information content (AvgIpc) is 3.24. The molecule has 0 spiro atoms. The lowest BCUT2D eigenvalue weighted by Crippen LogP contribution is -2.24. The van der Waals surface area contributed by atoms with E-state index in [1.165, 1.54) is 11.3 Å². The van der Waals surface area contributed by atoms with Gasteiger partial charge in [0.15, 0.2) is 5.65 Å². The number of nitrogens with zero attached hydrogens (tertiary/aromatic N) is 5. The fraction of sp³-hybridized carbons (Fsp3) is 0.429. The molecule has 4 N–H and O–H groups in total. The summed E-state index contributed by atoms with van der Waals surface area (Å²) in [6, 6.07) is 0. The minimum atomic E-state index is -0.738. The highest BCUT2D eigenvalue weighted by Gasteiger charge is 2.35. The Kier molecular flexibility index (Phi) is 3.68. The molecule has 0 bridgehead atoms. The van der Waals surface area contributed by atoms with Gasteiger partial charge in [0.1, 0.15) is 28.6 Å². The Bertz CT molecular complexity index is 894. The van der Waals surface area contributed by atoms with Gasteiger partial charge in [0.05, 0.1) is 19.0 Å². The molecular formula is C14H16N6O3S. The third kappa shape index (κ3) is 2.44. The van der Waals surface area contributed by atoms with Gasteiger partial charge in [0.25, 0.3) is 0 Å². The monoisotopic (exact) mass is 348 g/mol. The number of thiazole rings is 1. The van der Waals surface area contributed by atoms with Crippen LogP contribution in [0, 0.1) is 6.92 Å². The summed E-state index contributed by atoms with van der Waals surface area (Å²) in [5.74, 6) is 0.115. The largest absolute Gasteiger partial charge is 0.394 e. The maximum atomic E-state index is 9.94. The van der Waals surface area contributed by atoms with Gasteiger partial charge in [-0.2, -0.15) is 4.98 Å². The lowest BCUT2D eigenvalue weighted by Gasteiger charge is -2.13. The summed E-state index contributed by atoms with van der Waals surface area (Å²) in [6.07, 6.45) is 0.0967. The molecule has 1 saturated heterocycles. The maximum absolute atomic E-state index is 9.94. The van der Waals surface area contributed by atoms with E-state index in [0.717, 1.165) is 10.7 Å². The van der Waals surface area contributed by atoms with Crippen molar-refractivity contribution in [1.82, 2.24) is 24.5 Å². The van der Waals surface area contributed by atoms with Gasteiger partial charge >= 0.3 is 0 Å². The summed E-state index contributed by atoms with van der Waals surface area (Å²) in [7, 11) is 0. The lowest BCUT2D eigenvalue weighted by atomic mass is 10.2. The van der Waals surface area contributed by atoms with E-state index < -0.39 is 18.4 Å². The first-order valence-electron chi connectivity index (χ1n) is 7.43. The van der Waals surface area contributed by atoms with E-state index in [-0.39, 0.29) is 12.6 Å². The minimum Gasteiger partial charge on any atom is -0.394 e. The van der Waals surface area contributed by atoms with Gasteiger partial charge < -0.3 is 20.7 Å². The predicted molar refractivity (Wildman–Crippen MR) is 87.2 cm³/mol. The van der Waals surface area contributed by atoms with Crippen LogP contribution in [-0.4, -0.2) is 53.5 Å². The molecule has 1 aliphatic heterocycles. The highest BCUT2D eigenvalue weighted by Crippen LogP contribution is 2.33. The van der Waals surface area contributed by atoms with Crippen molar-refractivity contribution in [2.45, 2.75) is 31.8 Å². The number of aromatic nitrogens is 5. The second-order valence-corrected chi connectivity index (χ2v) is 6.52. The van der Waals surface area contributed by atoms with Crippen LogP contribution in [0.1, 0.15) is 18.3 Å². The number of hydrogen-bond donors (Lipinski definition) is 3. The van der Waals surface area contributed by atoms with Crippen LogP contribution in [0.2, 0.25) is 0 Å². The fourth-order valence-corrected chi connectivity index (χ4v) is 3.59. The number of imidazole rings is 1. The SMILES string of the molecule is Cc1csc(-c2nc(N)nc3c2ncn3[C@H]2C[C@H](O)[C@@H](CO)O2)n1. The van der Waals surface area contributed by atoms with Crippen LogP contribution in [0.4, 0.5) is 5.95 Å². The third-order valence-electron chi connectivity index (χ3n) is 3.95. The van der Waals surface area contributed by atoms with Gasteiger partial charge in [-0.15, -0.1) is 11.3 Å². The molecule has 1 fully saturated rings. The predicted octanol–water partition coefficient (Wildman–Crippen LogP) is 0.481. The summed E-state index contributed by atoms with van der Waals surface area (Å²) in [5.41, 5.74) is 8.42. The molecule has 9 nitrogen and oxygen atoms in total. The molecule has 3 aromatic rings. The van der Waals surface area contributed by atoms with Gasteiger partial charge in [-0.25, -0.2) is 15.0 Å². The van der Waals surface area contributed by atoms with Crippen molar-refractivity contribution in [3.05, 3.63) is 17.4 Å². The van der Waals surface area contributed by atoms with Crippen LogP contribution >= 0.6 is 11.3 Å². The summed E-state index contributed by atoms with van der Waals surface area (Å²) in [5, 5.41) is 21.8. The first-order chi connectivity index (χ1) is 11.6. The Hall–Kier alpha value is -2.14. The number of rotatable bonds is 3. The number of aliphatic hydroxyl groups is 2. The molecule has 0 unspecified atom stereocenters. The molecule has 0 saturated carbocycles. The van der Waals surface area contributed by atoms with Crippen LogP contribution in [0.3, 0.4) is 0 Å². The number of hydrogen-bond acceptors (Lipinski definition) is 9. The quantitative estimate of drug-likeness (QED) is 0.623. The smallest absolute Gasteiger partial charge is 0.222 e. The van der Waals surface area contributed by atoms with E-state index in [1.807, 2.05) is 12.3 Å². The zero-order valence-electron chi connectivity index (χ0n) is 12.8. The number of nitrogens with two attached hydrogens (primary N) is 1. The minimum absolute atomic E-state index is 0.115. The molecular weight excluding hydrogens is 332 g/mol. The Morgan fingerprint density at radius 3 is 2.92 bits per heavy atom. The van der Waals surface area contributed by atoms with Crippen LogP contribution in [0.15, 0.2) is 11.7 Å². The summed E-state index contributed by atoms with van der Waals surface area (Å²) in [4.78, 5) is 17.4. The fourth-order valence-electron chi connectivity index (χ4n) is 2.81. The van der Waals surface area contributed by atoms with Crippen molar-refractivity contribution in [3.8, 4) is 10.7 Å². The van der Waals surface area contributed by atoms with Crippen molar-refractivity contribution in [3.63, 3.8) is 0 Å². The Morgan fingerprint density at radius 2 is 2.25 bits per heavy atom. The summed E-state index contributed by atoms with van der Waals surface area (Å²) >= 11 is 1.46. The summed E-state index contributed by atoms with van der Waals surface area (Å²) in [6.45, 7) is 1.66. The highest BCUT2D eigenvalue weighted by molar-refractivity contribution is 7.13. The Labute approximate surface area is 140 Å². The van der Waals surface area contributed by atoms with Crippen molar-refractivity contribution in [2.24, 2.45) is 0 Å². The normalized spacial score (nSPS) is 24.0. The van der Waals surface area contributed by atoms with Crippen molar-refractivity contribution >= 4 is 28.4 Å². The van der Waals surface area contributed by atoms with E-state index in [2.05, 4.69) is 19.9 Å². The Morgan fingerprint density at radius 1 is 1.42 bits per heavy atom. The lowest BCUT2D eigenvalue weighted by molar-refractivity contribution is -0.0432. The molecule has 3 aromatic heterocycles. The molecule has 0 aliphatic carbocycles. The third-order valence-corrected chi connectivity index (χ3v) is 4.92. The van der Waals surface area contributed by atoms with Gasteiger partial charge in [-0.05, 0) is 6.92 Å². The van der Waals surface area contributed by atoms with Gasteiger partial charge in [-0.3, -0.25) is 4.57 Å². The Balaban J connectivity index is 1.81. The standard InChI is InChI=1S/C14H16N6O3S/c1-6-4-24-13(17-6)11-10-12(19-14(15)18-11)20(5-16-10)9-2-7(22)8(3-21)23-9/h4-5,7-9,21-22H,2-3H2,1H3,(H2,15,18,19)/t7-,8+,9+/m0/s1. The summed E-state index contributed by atoms with van der Waals surface area (Å²) < 4.78 is 7.38. The first kappa shape index (κ1) is 15.4. The second-order valence-electron chi connectivity index (χ2n) is 5.66. The maximum Gasteiger partial charge on any atom is 0.222 e. The number of fused-ring (bicyclic) bond motifs is 1. The van der Waals surface area contributed by atoms with E-state index in [1.54, 1.807) is 10.9 Å². The van der Waals surface area contributed by atoms with E-state index in [9.17, 15) is 10.2 Å². The van der Waals surface area contributed by atoms with E-state index in [0.29, 0.717) is 23.3 Å². The molecule has 0 aromatic carbocycles. The van der Waals surface area contributed by atoms with Crippen molar-refractivity contribution < 1.29 is 14.9 Å². The molecule has 4 rings (SSSR count). The van der Waals surface area contributed by atoms with Gasteiger partial charge in [0, 0.05) is 17.5 Å². The molecule has 10 heteroatoms. The number of nitrogen functional groups attached to an aromatic ring is 1. The van der Waals surface area contributed by atoms with Crippen molar-refractivity contribution in [2.75, 3.05) is 12.3 Å². The molecule has 126 valence electrons.